The van der Waals surface area contributed by atoms with E-state index in [0.717, 1.165) is 5.56 Å². The first kappa shape index (κ1) is 15.8. The predicted molar refractivity (Wildman–Crippen MR) is 79.3 cm³/mol. The summed E-state index contributed by atoms with van der Waals surface area (Å²) in [6.07, 6.45) is 1.37. The van der Waals surface area contributed by atoms with E-state index in [4.69, 9.17) is 23.2 Å². The summed E-state index contributed by atoms with van der Waals surface area (Å²) in [5.74, 6) is 0.785. The second-order valence-corrected chi connectivity index (χ2v) is 6.70. The van der Waals surface area contributed by atoms with Gasteiger partial charge in [0, 0.05) is 15.6 Å². The maximum atomic E-state index is 11.0. The third-order valence-corrected chi connectivity index (χ3v) is 3.49. The Morgan fingerprint density at radius 2 is 1.56 bits per heavy atom. The zero-order valence-electron chi connectivity index (χ0n) is 11.5. The van der Waals surface area contributed by atoms with Crippen LogP contribution in [-0.4, -0.2) is 5.11 Å². The number of rotatable bonds is 5. The van der Waals surface area contributed by atoms with E-state index >= 15 is 0 Å². The Hall–Kier alpha value is -0.240. The van der Waals surface area contributed by atoms with E-state index in [1.165, 1.54) is 0 Å². The molecule has 18 heavy (non-hydrogen) atoms. The summed E-state index contributed by atoms with van der Waals surface area (Å²) >= 11 is 12.3. The Morgan fingerprint density at radius 1 is 1.06 bits per heavy atom. The van der Waals surface area contributed by atoms with Gasteiger partial charge in [-0.2, -0.15) is 0 Å². The molecule has 0 unspecified atom stereocenters. The van der Waals surface area contributed by atoms with E-state index in [9.17, 15) is 5.11 Å². The van der Waals surface area contributed by atoms with E-state index in [2.05, 4.69) is 27.7 Å². The van der Waals surface area contributed by atoms with Crippen molar-refractivity contribution in [2.45, 2.75) is 46.1 Å². The normalized spacial score (nSPS) is 12.5. The topological polar surface area (TPSA) is 20.2 Å². The van der Waals surface area contributed by atoms with Crippen molar-refractivity contribution >= 4 is 23.2 Å². The van der Waals surface area contributed by atoms with Gasteiger partial charge in [0.25, 0.3) is 0 Å². The molecule has 0 radical (unpaired) electrons. The third-order valence-electron chi connectivity index (χ3n) is 2.92. The molecule has 0 saturated heterocycles. The molecule has 0 saturated carbocycles. The fraction of sp³-hybridized carbons (Fsp3) is 0.600. The summed E-state index contributed by atoms with van der Waals surface area (Å²) < 4.78 is 0. The van der Waals surface area contributed by atoms with Gasteiger partial charge in [-0.1, -0.05) is 50.9 Å². The molecule has 1 N–H and O–H groups in total. The van der Waals surface area contributed by atoms with Gasteiger partial charge in [-0.15, -0.1) is 0 Å². The zero-order valence-corrected chi connectivity index (χ0v) is 13.0. The molecular weight excluding hydrogens is 267 g/mol. The lowest BCUT2D eigenvalue weighted by molar-refractivity contribution is -0.00439. The van der Waals surface area contributed by atoms with Crippen molar-refractivity contribution in [3.8, 4) is 0 Å². The molecule has 0 spiro atoms. The standard InChI is InChI=1S/C15H22Cl2O/c1-10(2)8-15(18,9-11(3)4)13-7-12(16)5-6-14(13)17/h5-7,10-11,18H,8-9H2,1-4H3. The van der Waals surface area contributed by atoms with Crippen molar-refractivity contribution in [2.75, 3.05) is 0 Å². The summed E-state index contributed by atoms with van der Waals surface area (Å²) in [7, 11) is 0. The van der Waals surface area contributed by atoms with E-state index in [0.29, 0.717) is 34.7 Å². The molecule has 1 nitrogen and oxygen atoms in total. The average molecular weight is 289 g/mol. The number of hydrogen-bond acceptors (Lipinski definition) is 1. The van der Waals surface area contributed by atoms with E-state index < -0.39 is 5.60 Å². The highest BCUT2D eigenvalue weighted by Crippen LogP contribution is 2.39. The molecule has 0 aromatic heterocycles. The van der Waals surface area contributed by atoms with Gasteiger partial charge in [0.2, 0.25) is 0 Å². The number of hydrogen-bond donors (Lipinski definition) is 1. The van der Waals surface area contributed by atoms with Crippen molar-refractivity contribution < 1.29 is 5.11 Å². The van der Waals surface area contributed by atoms with Crippen LogP contribution in [0, 0.1) is 11.8 Å². The molecule has 0 aliphatic heterocycles. The Bertz CT molecular complexity index is 389. The van der Waals surface area contributed by atoms with Crippen LogP contribution < -0.4 is 0 Å². The Balaban J connectivity index is 3.19. The van der Waals surface area contributed by atoms with E-state index in [-0.39, 0.29) is 0 Å². The molecule has 0 heterocycles. The fourth-order valence-electron chi connectivity index (χ4n) is 2.51. The SMILES string of the molecule is CC(C)CC(O)(CC(C)C)c1cc(Cl)ccc1Cl. The average Bonchev–Trinajstić information content (AvgIpc) is 2.19. The van der Waals surface area contributed by atoms with Crippen LogP contribution in [0.25, 0.3) is 0 Å². The second-order valence-electron chi connectivity index (χ2n) is 5.85. The summed E-state index contributed by atoms with van der Waals surface area (Å²) in [5, 5.41) is 12.2. The van der Waals surface area contributed by atoms with Gasteiger partial charge < -0.3 is 5.11 Å². The highest BCUT2D eigenvalue weighted by atomic mass is 35.5. The van der Waals surface area contributed by atoms with Crippen molar-refractivity contribution in [2.24, 2.45) is 11.8 Å². The lowest BCUT2D eigenvalue weighted by atomic mass is 9.80. The van der Waals surface area contributed by atoms with Crippen LogP contribution in [0.3, 0.4) is 0 Å². The first-order valence-corrected chi connectivity index (χ1v) is 7.18. The van der Waals surface area contributed by atoms with Gasteiger partial charge in [0.15, 0.2) is 0 Å². The highest BCUT2D eigenvalue weighted by Gasteiger charge is 2.33. The summed E-state index contributed by atoms with van der Waals surface area (Å²) in [4.78, 5) is 0. The number of benzene rings is 1. The minimum atomic E-state index is -0.898. The van der Waals surface area contributed by atoms with Gasteiger partial charge >= 0.3 is 0 Å². The molecule has 1 aromatic carbocycles. The summed E-state index contributed by atoms with van der Waals surface area (Å²) in [6.45, 7) is 8.40. The Labute approximate surface area is 120 Å². The number of aliphatic hydroxyl groups is 1. The van der Waals surface area contributed by atoms with Crippen molar-refractivity contribution in [3.63, 3.8) is 0 Å². The quantitative estimate of drug-likeness (QED) is 0.782. The predicted octanol–water partition coefficient (Wildman–Crippen LogP) is 5.27. The first-order valence-electron chi connectivity index (χ1n) is 6.42. The van der Waals surface area contributed by atoms with Crippen molar-refractivity contribution in [1.29, 1.82) is 0 Å². The molecule has 0 fully saturated rings. The monoisotopic (exact) mass is 288 g/mol. The molecule has 0 atom stereocenters. The molecule has 1 aromatic rings. The van der Waals surface area contributed by atoms with Crippen LogP contribution >= 0.6 is 23.2 Å². The first-order chi connectivity index (χ1) is 8.24. The van der Waals surface area contributed by atoms with E-state index in [1.807, 2.05) is 0 Å². The van der Waals surface area contributed by atoms with Crippen LogP contribution in [0.1, 0.15) is 46.1 Å². The summed E-state index contributed by atoms with van der Waals surface area (Å²) in [6, 6.07) is 5.29. The van der Waals surface area contributed by atoms with Crippen LogP contribution in [0.15, 0.2) is 18.2 Å². The Kier molecular flexibility index (Phi) is 5.51. The van der Waals surface area contributed by atoms with Gasteiger partial charge in [-0.05, 0) is 42.9 Å². The second kappa shape index (κ2) is 6.27. The fourth-order valence-corrected chi connectivity index (χ4v) is 2.97. The maximum Gasteiger partial charge on any atom is 0.0916 e. The number of halogens is 2. The van der Waals surface area contributed by atoms with Gasteiger partial charge in [0.1, 0.15) is 0 Å². The molecule has 0 aliphatic carbocycles. The van der Waals surface area contributed by atoms with Crippen LogP contribution in [0.4, 0.5) is 0 Å². The van der Waals surface area contributed by atoms with E-state index in [1.54, 1.807) is 18.2 Å². The van der Waals surface area contributed by atoms with Crippen LogP contribution in [0.5, 0.6) is 0 Å². The minimum Gasteiger partial charge on any atom is -0.385 e. The molecule has 0 aliphatic rings. The highest BCUT2D eigenvalue weighted by molar-refractivity contribution is 6.33. The largest absolute Gasteiger partial charge is 0.385 e. The lowest BCUT2D eigenvalue weighted by Gasteiger charge is -2.33. The molecule has 102 valence electrons. The van der Waals surface area contributed by atoms with Crippen LogP contribution in [0.2, 0.25) is 10.0 Å². The Morgan fingerprint density at radius 3 is 2.00 bits per heavy atom. The zero-order chi connectivity index (χ0) is 13.9. The molecule has 0 amide bonds. The molecular formula is C15H22Cl2O. The minimum absolute atomic E-state index is 0.392. The van der Waals surface area contributed by atoms with Crippen molar-refractivity contribution in [3.05, 3.63) is 33.8 Å². The van der Waals surface area contributed by atoms with Gasteiger partial charge in [-0.3, -0.25) is 0 Å². The molecule has 1 rings (SSSR count). The van der Waals surface area contributed by atoms with Crippen molar-refractivity contribution in [1.82, 2.24) is 0 Å². The third kappa shape index (κ3) is 4.15. The lowest BCUT2D eigenvalue weighted by Crippen LogP contribution is -2.30. The van der Waals surface area contributed by atoms with Crippen LogP contribution in [-0.2, 0) is 5.60 Å². The maximum absolute atomic E-state index is 11.0. The molecule has 0 bridgehead atoms. The van der Waals surface area contributed by atoms with Gasteiger partial charge in [-0.25, -0.2) is 0 Å². The molecule has 3 heteroatoms. The smallest absolute Gasteiger partial charge is 0.0916 e. The summed E-state index contributed by atoms with van der Waals surface area (Å²) in [5.41, 5.74) is -0.149. The van der Waals surface area contributed by atoms with Gasteiger partial charge in [0.05, 0.1) is 5.60 Å².